The monoisotopic (exact) mass is 259 g/mol. The molecule has 0 unspecified atom stereocenters. The molecule has 0 bridgehead atoms. The molecule has 0 aliphatic heterocycles. The van der Waals surface area contributed by atoms with Gasteiger partial charge in [0.15, 0.2) is 6.79 Å². The topological polar surface area (TPSA) is 61.6 Å². The molecule has 0 fully saturated rings. The van der Waals surface area contributed by atoms with Crippen LogP contribution in [-0.4, -0.2) is 11.7 Å². The zero-order valence-electron chi connectivity index (χ0n) is 10.2. The molecule has 0 radical (unpaired) electrons. The number of nitrogens with zero attached hydrogens (tertiary/aromatic N) is 1. The maximum Gasteiger partial charge on any atom is 0.269 e. The highest BCUT2D eigenvalue weighted by Gasteiger charge is 2.04. The van der Waals surface area contributed by atoms with Crippen molar-refractivity contribution >= 4 is 5.69 Å². The van der Waals surface area contributed by atoms with Gasteiger partial charge in [-0.1, -0.05) is 30.3 Å². The molecule has 98 valence electrons. The number of hydrogen-bond donors (Lipinski definition) is 0. The summed E-state index contributed by atoms with van der Waals surface area (Å²) in [6.07, 6.45) is 0. The van der Waals surface area contributed by atoms with E-state index in [1.54, 1.807) is 12.1 Å². The first kappa shape index (κ1) is 13.0. The van der Waals surface area contributed by atoms with Crippen LogP contribution in [0.1, 0.15) is 5.56 Å². The summed E-state index contributed by atoms with van der Waals surface area (Å²) >= 11 is 0. The fraction of sp³-hybridized carbons (Fsp3) is 0.143. The maximum atomic E-state index is 10.5. The van der Waals surface area contributed by atoms with Crippen LogP contribution in [0.2, 0.25) is 0 Å². The number of nitro benzene ring substituents is 1. The number of nitro groups is 1. The predicted molar refractivity (Wildman–Crippen MR) is 69.8 cm³/mol. The van der Waals surface area contributed by atoms with Gasteiger partial charge in [0.1, 0.15) is 5.75 Å². The van der Waals surface area contributed by atoms with E-state index in [9.17, 15) is 10.1 Å². The summed E-state index contributed by atoms with van der Waals surface area (Å²) in [5, 5.41) is 10.5. The number of ether oxygens (including phenoxy) is 2. The average molecular weight is 259 g/mol. The molecule has 0 spiro atoms. The Morgan fingerprint density at radius 1 is 1.00 bits per heavy atom. The first-order chi connectivity index (χ1) is 9.25. The average Bonchev–Trinajstić information content (AvgIpc) is 2.45. The van der Waals surface area contributed by atoms with Crippen molar-refractivity contribution in [3.05, 3.63) is 70.3 Å². The molecule has 5 heteroatoms. The highest BCUT2D eigenvalue weighted by molar-refractivity contribution is 5.35. The lowest BCUT2D eigenvalue weighted by molar-refractivity contribution is -0.384. The third-order valence-corrected chi connectivity index (χ3v) is 2.47. The van der Waals surface area contributed by atoms with E-state index in [1.165, 1.54) is 12.1 Å². The summed E-state index contributed by atoms with van der Waals surface area (Å²) in [6, 6.07) is 15.6. The molecule has 2 aromatic carbocycles. The fourth-order valence-corrected chi connectivity index (χ4v) is 1.51. The molecule has 0 aliphatic rings. The summed E-state index contributed by atoms with van der Waals surface area (Å²) < 4.78 is 10.7. The largest absolute Gasteiger partial charge is 0.468 e. The van der Waals surface area contributed by atoms with Crippen LogP contribution in [0.3, 0.4) is 0 Å². The molecule has 0 saturated carbocycles. The van der Waals surface area contributed by atoms with Gasteiger partial charge in [0.2, 0.25) is 0 Å². The summed E-state index contributed by atoms with van der Waals surface area (Å²) in [7, 11) is 0. The van der Waals surface area contributed by atoms with Crippen LogP contribution < -0.4 is 4.74 Å². The van der Waals surface area contributed by atoms with Crippen molar-refractivity contribution in [2.45, 2.75) is 6.61 Å². The fourth-order valence-electron chi connectivity index (χ4n) is 1.51. The molecule has 19 heavy (non-hydrogen) atoms. The summed E-state index contributed by atoms with van der Waals surface area (Å²) in [5.74, 6) is 0.540. The first-order valence-electron chi connectivity index (χ1n) is 5.74. The van der Waals surface area contributed by atoms with E-state index in [1.807, 2.05) is 30.3 Å². The van der Waals surface area contributed by atoms with Crippen LogP contribution in [0, 0.1) is 10.1 Å². The molecular weight excluding hydrogens is 246 g/mol. The molecule has 5 nitrogen and oxygen atoms in total. The number of hydrogen-bond acceptors (Lipinski definition) is 4. The SMILES string of the molecule is O=[N+]([O-])c1ccc(OCOCc2ccccc2)cc1. The van der Waals surface area contributed by atoms with Gasteiger partial charge in [-0.25, -0.2) is 0 Å². The minimum absolute atomic E-state index is 0.0394. The molecule has 2 rings (SSSR count). The molecule has 0 aliphatic carbocycles. The highest BCUT2D eigenvalue weighted by Crippen LogP contribution is 2.17. The van der Waals surface area contributed by atoms with Gasteiger partial charge in [0.25, 0.3) is 5.69 Å². The molecule has 0 N–H and O–H groups in total. The van der Waals surface area contributed by atoms with Gasteiger partial charge in [-0.15, -0.1) is 0 Å². The lowest BCUT2D eigenvalue weighted by Crippen LogP contribution is -2.02. The Balaban J connectivity index is 1.75. The van der Waals surface area contributed by atoms with Crippen LogP contribution >= 0.6 is 0 Å². The van der Waals surface area contributed by atoms with Gasteiger partial charge < -0.3 is 9.47 Å². The molecule has 0 saturated heterocycles. The summed E-state index contributed by atoms with van der Waals surface area (Å²) in [5.41, 5.74) is 1.10. The van der Waals surface area contributed by atoms with Crippen LogP contribution in [0.15, 0.2) is 54.6 Å². The second kappa shape index (κ2) is 6.51. The second-order valence-corrected chi connectivity index (χ2v) is 3.85. The van der Waals surface area contributed by atoms with Crippen molar-refractivity contribution in [1.82, 2.24) is 0 Å². The minimum atomic E-state index is -0.449. The van der Waals surface area contributed by atoms with E-state index in [2.05, 4.69) is 0 Å². The Labute approximate surface area is 110 Å². The highest BCUT2D eigenvalue weighted by atomic mass is 16.7. The smallest absolute Gasteiger partial charge is 0.269 e. The quantitative estimate of drug-likeness (QED) is 0.346. The number of rotatable bonds is 6. The zero-order valence-corrected chi connectivity index (χ0v) is 10.2. The zero-order chi connectivity index (χ0) is 13.5. The van der Waals surface area contributed by atoms with Crippen LogP contribution in [0.5, 0.6) is 5.75 Å². The van der Waals surface area contributed by atoms with E-state index >= 15 is 0 Å². The third-order valence-electron chi connectivity index (χ3n) is 2.47. The van der Waals surface area contributed by atoms with Crippen LogP contribution in [0.4, 0.5) is 5.69 Å². The van der Waals surface area contributed by atoms with Gasteiger partial charge >= 0.3 is 0 Å². The van der Waals surface area contributed by atoms with E-state index in [0.29, 0.717) is 12.4 Å². The van der Waals surface area contributed by atoms with Gasteiger partial charge in [-0.2, -0.15) is 0 Å². The standard InChI is InChI=1S/C14H13NO4/c16-15(17)13-6-8-14(9-7-13)19-11-18-10-12-4-2-1-3-5-12/h1-9H,10-11H2. The van der Waals surface area contributed by atoms with E-state index in [-0.39, 0.29) is 12.5 Å². The minimum Gasteiger partial charge on any atom is -0.468 e. The van der Waals surface area contributed by atoms with Crippen molar-refractivity contribution in [3.8, 4) is 5.75 Å². The van der Waals surface area contributed by atoms with Crippen LogP contribution in [0.25, 0.3) is 0 Å². The molecule has 2 aromatic rings. The Bertz CT molecular complexity index is 525. The molecule has 0 atom stereocenters. The third kappa shape index (κ3) is 4.08. The second-order valence-electron chi connectivity index (χ2n) is 3.85. The van der Waals surface area contributed by atoms with Gasteiger partial charge in [-0.05, 0) is 17.7 Å². The van der Waals surface area contributed by atoms with Crippen molar-refractivity contribution in [1.29, 1.82) is 0 Å². The van der Waals surface area contributed by atoms with E-state index < -0.39 is 4.92 Å². The number of non-ortho nitro benzene ring substituents is 1. The lowest BCUT2D eigenvalue weighted by atomic mass is 10.2. The van der Waals surface area contributed by atoms with Gasteiger partial charge in [-0.3, -0.25) is 10.1 Å². The predicted octanol–water partition coefficient (Wildman–Crippen LogP) is 3.15. The van der Waals surface area contributed by atoms with Crippen molar-refractivity contribution in [2.24, 2.45) is 0 Å². The molecule has 0 aromatic heterocycles. The Morgan fingerprint density at radius 3 is 2.32 bits per heavy atom. The molecule has 0 heterocycles. The Hall–Kier alpha value is -2.40. The van der Waals surface area contributed by atoms with Crippen molar-refractivity contribution < 1.29 is 14.4 Å². The van der Waals surface area contributed by atoms with Crippen molar-refractivity contribution in [2.75, 3.05) is 6.79 Å². The van der Waals surface area contributed by atoms with Gasteiger partial charge in [0.05, 0.1) is 11.5 Å². The van der Waals surface area contributed by atoms with E-state index in [4.69, 9.17) is 9.47 Å². The molecule has 0 amide bonds. The van der Waals surface area contributed by atoms with E-state index in [0.717, 1.165) is 5.56 Å². The summed E-state index contributed by atoms with van der Waals surface area (Å²) in [4.78, 5) is 10.0. The Kier molecular flexibility index (Phi) is 4.47. The normalized spacial score (nSPS) is 10.1. The number of benzene rings is 2. The first-order valence-corrected chi connectivity index (χ1v) is 5.74. The maximum absolute atomic E-state index is 10.5. The van der Waals surface area contributed by atoms with Gasteiger partial charge in [0, 0.05) is 12.1 Å². The summed E-state index contributed by atoms with van der Waals surface area (Å²) in [6.45, 7) is 0.570. The molecular formula is C14H13NO4. The Morgan fingerprint density at radius 2 is 1.68 bits per heavy atom. The lowest BCUT2D eigenvalue weighted by Gasteiger charge is -2.07. The van der Waals surface area contributed by atoms with Crippen LogP contribution in [-0.2, 0) is 11.3 Å². The van der Waals surface area contributed by atoms with Crippen molar-refractivity contribution in [3.63, 3.8) is 0 Å².